The number of benzene rings is 1. The number of fused-ring (bicyclic) bond motifs is 1. The number of hydrogen-bond donors (Lipinski definition) is 0. The zero-order valence-corrected chi connectivity index (χ0v) is 12.2. The van der Waals surface area contributed by atoms with E-state index in [9.17, 15) is 4.79 Å². The second-order valence-electron chi connectivity index (χ2n) is 5.59. The number of nitrogens with zero attached hydrogens (tertiary/aromatic N) is 1. The van der Waals surface area contributed by atoms with Gasteiger partial charge in [-0.1, -0.05) is 30.3 Å². The zero-order valence-electron chi connectivity index (χ0n) is 12.2. The fourth-order valence-corrected chi connectivity index (χ4v) is 2.92. The quantitative estimate of drug-likeness (QED) is 0.687. The summed E-state index contributed by atoms with van der Waals surface area (Å²) in [4.78, 5) is 15.8. The van der Waals surface area contributed by atoms with Crippen molar-refractivity contribution < 1.29 is 13.9 Å². The van der Waals surface area contributed by atoms with Gasteiger partial charge in [0.05, 0.1) is 7.11 Å². The molecule has 0 amide bonds. The molecule has 22 heavy (non-hydrogen) atoms. The molecule has 110 valence electrons. The molecular weight excluding hydrogens is 278 g/mol. The molecule has 1 aliphatic carbocycles. The summed E-state index contributed by atoms with van der Waals surface area (Å²) in [6, 6.07) is 16.0. The van der Waals surface area contributed by atoms with Crippen LogP contribution in [0.3, 0.4) is 0 Å². The first-order valence-electron chi connectivity index (χ1n) is 7.30. The monoisotopic (exact) mass is 293 g/mol. The van der Waals surface area contributed by atoms with Crippen molar-refractivity contribution in [3.8, 4) is 0 Å². The van der Waals surface area contributed by atoms with Crippen LogP contribution in [0.2, 0.25) is 0 Å². The predicted octanol–water partition coefficient (Wildman–Crippen LogP) is 3.89. The van der Waals surface area contributed by atoms with Gasteiger partial charge < -0.3 is 9.15 Å². The summed E-state index contributed by atoms with van der Waals surface area (Å²) in [6.07, 6.45) is 1.09. The van der Waals surface area contributed by atoms with Crippen LogP contribution in [0.15, 0.2) is 52.9 Å². The van der Waals surface area contributed by atoms with E-state index in [1.54, 1.807) is 6.07 Å². The highest BCUT2D eigenvalue weighted by Crippen LogP contribution is 2.55. The summed E-state index contributed by atoms with van der Waals surface area (Å²) in [5, 5.41) is 0.918. The van der Waals surface area contributed by atoms with E-state index in [0.717, 1.165) is 17.6 Å². The van der Waals surface area contributed by atoms with Crippen LogP contribution in [-0.2, 0) is 4.74 Å². The van der Waals surface area contributed by atoms with Gasteiger partial charge in [0.2, 0.25) is 5.71 Å². The van der Waals surface area contributed by atoms with Gasteiger partial charge >= 0.3 is 5.97 Å². The number of pyridine rings is 1. The van der Waals surface area contributed by atoms with E-state index in [1.807, 2.05) is 18.2 Å². The van der Waals surface area contributed by atoms with E-state index in [-0.39, 0.29) is 5.69 Å². The molecule has 2 heterocycles. The average molecular weight is 293 g/mol. The lowest BCUT2D eigenvalue weighted by atomic mass is 10.1. The standard InChI is InChI=1S/C18H15NO3/c1-21-18(20)15-8-7-12-9-16(22-17(12)19-15)14-10-13(14)11-5-3-2-4-6-11/h2-9,13-14H,10H2,1H3/t13-,14+/m1/s1. The molecule has 2 aromatic heterocycles. The van der Waals surface area contributed by atoms with E-state index in [1.165, 1.54) is 12.7 Å². The van der Waals surface area contributed by atoms with Crippen molar-refractivity contribution in [2.75, 3.05) is 7.11 Å². The molecular formula is C18H15NO3. The van der Waals surface area contributed by atoms with Gasteiger partial charge in [-0.3, -0.25) is 0 Å². The maximum atomic E-state index is 11.5. The topological polar surface area (TPSA) is 52.3 Å². The number of methoxy groups -OCH3 is 1. The van der Waals surface area contributed by atoms with E-state index in [0.29, 0.717) is 17.5 Å². The van der Waals surface area contributed by atoms with Crippen molar-refractivity contribution in [2.24, 2.45) is 0 Å². The van der Waals surface area contributed by atoms with Crippen molar-refractivity contribution in [1.29, 1.82) is 0 Å². The minimum Gasteiger partial charge on any atom is -0.464 e. The van der Waals surface area contributed by atoms with Gasteiger partial charge in [-0.05, 0) is 36.1 Å². The fraction of sp³-hybridized carbons (Fsp3) is 0.222. The number of carbonyl (C=O) groups is 1. The van der Waals surface area contributed by atoms with Crippen molar-refractivity contribution in [3.05, 3.63) is 65.5 Å². The fourth-order valence-electron chi connectivity index (χ4n) is 2.92. The summed E-state index contributed by atoms with van der Waals surface area (Å²) in [5.74, 6) is 1.41. The molecule has 0 radical (unpaired) electrons. The molecule has 2 atom stereocenters. The minimum absolute atomic E-state index is 0.270. The largest absolute Gasteiger partial charge is 0.464 e. The molecule has 4 nitrogen and oxygen atoms in total. The normalized spacial score (nSPS) is 20.0. The van der Waals surface area contributed by atoms with Gasteiger partial charge in [-0.2, -0.15) is 0 Å². The van der Waals surface area contributed by atoms with Crippen LogP contribution in [0.25, 0.3) is 11.1 Å². The van der Waals surface area contributed by atoms with Gasteiger partial charge in [0.25, 0.3) is 0 Å². The first-order chi connectivity index (χ1) is 10.8. The summed E-state index contributed by atoms with van der Waals surface area (Å²) in [7, 11) is 1.34. The van der Waals surface area contributed by atoms with Crippen molar-refractivity contribution in [2.45, 2.75) is 18.3 Å². The van der Waals surface area contributed by atoms with Crippen molar-refractivity contribution in [3.63, 3.8) is 0 Å². The molecule has 0 aliphatic heterocycles. The van der Waals surface area contributed by atoms with Crippen LogP contribution < -0.4 is 0 Å². The predicted molar refractivity (Wildman–Crippen MR) is 81.9 cm³/mol. The summed E-state index contributed by atoms with van der Waals surface area (Å²) >= 11 is 0. The Morgan fingerprint density at radius 3 is 2.77 bits per heavy atom. The van der Waals surface area contributed by atoms with E-state index in [4.69, 9.17) is 4.42 Å². The maximum Gasteiger partial charge on any atom is 0.356 e. The summed E-state index contributed by atoms with van der Waals surface area (Å²) in [6.45, 7) is 0. The molecule has 0 unspecified atom stereocenters. The van der Waals surface area contributed by atoms with Crippen molar-refractivity contribution >= 4 is 17.1 Å². The number of rotatable bonds is 3. The Morgan fingerprint density at radius 1 is 1.18 bits per heavy atom. The van der Waals surface area contributed by atoms with E-state index < -0.39 is 5.97 Å². The Balaban J connectivity index is 1.63. The molecule has 1 aromatic carbocycles. The lowest BCUT2D eigenvalue weighted by Gasteiger charge is -1.97. The molecule has 0 spiro atoms. The number of hydrogen-bond acceptors (Lipinski definition) is 4. The van der Waals surface area contributed by atoms with Crippen LogP contribution in [-0.4, -0.2) is 18.1 Å². The van der Waals surface area contributed by atoms with Gasteiger partial charge in [0.15, 0.2) is 5.69 Å². The summed E-state index contributed by atoms with van der Waals surface area (Å²) in [5.41, 5.74) is 2.11. The average Bonchev–Trinajstić information content (AvgIpc) is 3.26. The SMILES string of the molecule is COC(=O)c1ccc2cc([C@H]3C[C@@H]3c3ccccc3)oc2n1. The lowest BCUT2D eigenvalue weighted by molar-refractivity contribution is 0.0594. The molecule has 1 saturated carbocycles. The number of carbonyl (C=O) groups excluding carboxylic acids is 1. The first kappa shape index (κ1) is 13.1. The van der Waals surface area contributed by atoms with Crippen molar-refractivity contribution in [1.82, 2.24) is 4.98 Å². The molecule has 0 N–H and O–H groups in total. The third-order valence-electron chi connectivity index (χ3n) is 4.18. The summed E-state index contributed by atoms with van der Waals surface area (Å²) < 4.78 is 10.5. The molecule has 3 aromatic rings. The zero-order chi connectivity index (χ0) is 15.1. The lowest BCUT2D eigenvalue weighted by Crippen LogP contribution is -2.03. The number of ether oxygens (including phenoxy) is 1. The Bertz CT molecular complexity index is 838. The number of furan rings is 1. The molecule has 1 fully saturated rings. The molecule has 0 bridgehead atoms. The van der Waals surface area contributed by atoms with Crippen LogP contribution in [0.4, 0.5) is 0 Å². The van der Waals surface area contributed by atoms with Crippen LogP contribution in [0.5, 0.6) is 0 Å². The highest BCUT2D eigenvalue weighted by atomic mass is 16.5. The Morgan fingerprint density at radius 2 is 2.00 bits per heavy atom. The first-order valence-corrected chi connectivity index (χ1v) is 7.30. The number of esters is 1. The van der Waals surface area contributed by atoms with Gasteiger partial charge in [0.1, 0.15) is 5.76 Å². The Labute approximate surface area is 127 Å². The molecule has 4 rings (SSSR count). The van der Waals surface area contributed by atoms with Gasteiger partial charge in [0, 0.05) is 11.3 Å². The Kier molecular flexibility index (Phi) is 2.96. The van der Waals surface area contributed by atoms with Crippen LogP contribution >= 0.6 is 0 Å². The van der Waals surface area contributed by atoms with E-state index >= 15 is 0 Å². The van der Waals surface area contributed by atoms with E-state index in [2.05, 4.69) is 34.0 Å². The second-order valence-corrected chi connectivity index (χ2v) is 5.59. The Hall–Kier alpha value is -2.62. The smallest absolute Gasteiger partial charge is 0.356 e. The van der Waals surface area contributed by atoms with Crippen LogP contribution in [0.1, 0.15) is 40.1 Å². The minimum atomic E-state index is -0.451. The van der Waals surface area contributed by atoms with Crippen LogP contribution in [0, 0.1) is 0 Å². The molecule has 1 aliphatic rings. The number of aromatic nitrogens is 1. The molecule has 0 saturated heterocycles. The van der Waals surface area contributed by atoms with Gasteiger partial charge in [-0.25, -0.2) is 9.78 Å². The highest BCUT2D eigenvalue weighted by molar-refractivity contribution is 5.90. The third kappa shape index (κ3) is 2.17. The molecule has 4 heteroatoms. The maximum absolute atomic E-state index is 11.5. The highest BCUT2D eigenvalue weighted by Gasteiger charge is 2.41. The van der Waals surface area contributed by atoms with Gasteiger partial charge in [-0.15, -0.1) is 0 Å². The third-order valence-corrected chi connectivity index (χ3v) is 4.18. The second kappa shape index (κ2) is 4.98.